The summed E-state index contributed by atoms with van der Waals surface area (Å²) < 4.78 is 1.88. The first-order valence-corrected chi connectivity index (χ1v) is 6.46. The van der Waals surface area contributed by atoms with Gasteiger partial charge in [0, 0.05) is 31.4 Å². The maximum absolute atomic E-state index is 9.74. The van der Waals surface area contributed by atoms with Gasteiger partial charge in [-0.25, -0.2) is 0 Å². The molecule has 0 unspecified atom stereocenters. The van der Waals surface area contributed by atoms with Crippen molar-refractivity contribution < 1.29 is 5.11 Å². The molecule has 4 heteroatoms. The molecule has 0 radical (unpaired) electrons. The van der Waals surface area contributed by atoms with Crippen LogP contribution < -0.4 is 5.32 Å². The number of nitrogens with zero attached hydrogens (tertiary/aromatic N) is 2. The third-order valence-electron chi connectivity index (χ3n) is 3.53. The van der Waals surface area contributed by atoms with Crippen molar-refractivity contribution in [2.75, 3.05) is 0 Å². The van der Waals surface area contributed by atoms with Crippen LogP contribution in [0.3, 0.4) is 0 Å². The normalized spacial score (nSPS) is 10.9. The average molecular weight is 259 g/mol. The van der Waals surface area contributed by atoms with Crippen molar-refractivity contribution in [1.82, 2.24) is 15.1 Å². The Kier molecular flexibility index (Phi) is 3.90. The van der Waals surface area contributed by atoms with Gasteiger partial charge in [0.2, 0.25) is 0 Å². The van der Waals surface area contributed by atoms with Gasteiger partial charge in [0.1, 0.15) is 5.75 Å². The predicted molar refractivity (Wildman–Crippen MR) is 76.1 cm³/mol. The highest BCUT2D eigenvalue weighted by atomic mass is 16.3. The molecule has 1 aromatic heterocycles. The zero-order chi connectivity index (χ0) is 14.0. The van der Waals surface area contributed by atoms with Crippen LogP contribution in [0.2, 0.25) is 0 Å². The minimum absolute atomic E-state index is 0.395. The first-order chi connectivity index (χ1) is 8.99. The third kappa shape index (κ3) is 2.96. The Morgan fingerprint density at radius 2 is 1.79 bits per heavy atom. The highest BCUT2D eigenvalue weighted by Gasteiger charge is 2.05. The zero-order valence-electron chi connectivity index (χ0n) is 12.0. The second-order valence-corrected chi connectivity index (χ2v) is 5.06. The van der Waals surface area contributed by atoms with Crippen LogP contribution >= 0.6 is 0 Å². The molecule has 0 bridgehead atoms. The number of rotatable bonds is 4. The second kappa shape index (κ2) is 5.45. The predicted octanol–water partition coefficient (Wildman–Crippen LogP) is 2.34. The first kappa shape index (κ1) is 13.6. The van der Waals surface area contributed by atoms with E-state index in [9.17, 15) is 5.11 Å². The zero-order valence-corrected chi connectivity index (χ0v) is 12.0. The molecule has 2 N–H and O–H groups in total. The van der Waals surface area contributed by atoms with E-state index in [1.807, 2.05) is 43.9 Å². The van der Waals surface area contributed by atoms with Crippen LogP contribution in [0.4, 0.5) is 0 Å². The number of hydrogen-bond acceptors (Lipinski definition) is 3. The van der Waals surface area contributed by atoms with E-state index in [1.54, 1.807) is 0 Å². The highest BCUT2D eigenvalue weighted by Crippen LogP contribution is 2.22. The van der Waals surface area contributed by atoms with Crippen molar-refractivity contribution in [3.8, 4) is 5.75 Å². The van der Waals surface area contributed by atoms with Crippen molar-refractivity contribution >= 4 is 0 Å². The summed E-state index contributed by atoms with van der Waals surface area (Å²) in [5.74, 6) is 0.395. The maximum atomic E-state index is 9.74. The van der Waals surface area contributed by atoms with Gasteiger partial charge < -0.3 is 10.4 Å². The molecule has 102 valence electrons. The molecular formula is C15H21N3O. The summed E-state index contributed by atoms with van der Waals surface area (Å²) in [6, 6.07) is 4.04. The summed E-state index contributed by atoms with van der Waals surface area (Å²) >= 11 is 0. The molecule has 0 atom stereocenters. The smallest absolute Gasteiger partial charge is 0.121 e. The van der Waals surface area contributed by atoms with Crippen molar-refractivity contribution in [2.45, 2.75) is 33.9 Å². The van der Waals surface area contributed by atoms with E-state index in [2.05, 4.69) is 17.3 Å². The lowest BCUT2D eigenvalue weighted by atomic mass is 10.1. The molecule has 2 rings (SSSR count). The van der Waals surface area contributed by atoms with Gasteiger partial charge >= 0.3 is 0 Å². The van der Waals surface area contributed by atoms with Crippen molar-refractivity contribution in [3.05, 3.63) is 46.3 Å². The minimum Gasteiger partial charge on any atom is -0.507 e. The largest absolute Gasteiger partial charge is 0.507 e. The molecule has 0 saturated carbocycles. The van der Waals surface area contributed by atoms with E-state index < -0.39 is 0 Å². The molecule has 1 heterocycles. The summed E-state index contributed by atoms with van der Waals surface area (Å²) in [6.07, 6.45) is 1.90. The van der Waals surface area contributed by atoms with Gasteiger partial charge in [-0.2, -0.15) is 5.10 Å². The van der Waals surface area contributed by atoms with E-state index >= 15 is 0 Å². The number of nitrogens with one attached hydrogen (secondary N) is 1. The van der Waals surface area contributed by atoms with Gasteiger partial charge in [0.05, 0.1) is 6.20 Å². The van der Waals surface area contributed by atoms with Gasteiger partial charge in [-0.3, -0.25) is 4.68 Å². The Bertz CT molecular complexity index is 564. The monoisotopic (exact) mass is 259 g/mol. The Morgan fingerprint density at radius 1 is 1.16 bits per heavy atom. The fourth-order valence-electron chi connectivity index (χ4n) is 2.21. The number of hydrogen-bond donors (Lipinski definition) is 2. The standard InChI is InChI=1S/C15H21N3O/c1-10-5-13(6-11(2)15(10)19)7-16-8-14-9-17-18(4)12(14)3/h5-6,9,16,19H,7-8H2,1-4H3. The quantitative estimate of drug-likeness (QED) is 0.886. The van der Waals surface area contributed by atoms with Crippen molar-refractivity contribution in [2.24, 2.45) is 7.05 Å². The fraction of sp³-hybridized carbons (Fsp3) is 0.400. The lowest BCUT2D eigenvalue weighted by Gasteiger charge is -2.09. The second-order valence-electron chi connectivity index (χ2n) is 5.06. The van der Waals surface area contributed by atoms with Gasteiger partial charge in [-0.15, -0.1) is 0 Å². The lowest BCUT2D eigenvalue weighted by Crippen LogP contribution is -2.13. The van der Waals surface area contributed by atoms with E-state index in [1.165, 1.54) is 16.8 Å². The topological polar surface area (TPSA) is 50.1 Å². The Hall–Kier alpha value is -1.81. The third-order valence-corrected chi connectivity index (χ3v) is 3.53. The molecule has 0 amide bonds. The Morgan fingerprint density at radius 3 is 2.32 bits per heavy atom. The molecular weight excluding hydrogens is 238 g/mol. The SMILES string of the molecule is Cc1cc(CNCc2cnn(C)c2C)cc(C)c1O. The van der Waals surface area contributed by atoms with E-state index in [0.717, 1.165) is 24.2 Å². The van der Waals surface area contributed by atoms with Crippen LogP contribution in [0.15, 0.2) is 18.3 Å². The number of benzene rings is 1. The van der Waals surface area contributed by atoms with E-state index in [4.69, 9.17) is 0 Å². The van der Waals surface area contributed by atoms with Crippen LogP contribution in [0.1, 0.15) is 27.9 Å². The molecule has 1 aromatic carbocycles. The number of aromatic hydroxyl groups is 1. The van der Waals surface area contributed by atoms with Gasteiger partial charge in [0.25, 0.3) is 0 Å². The minimum atomic E-state index is 0.395. The summed E-state index contributed by atoms with van der Waals surface area (Å²) in [4.78, 5) is 0. The maximum Gasteiger partial charge on any atom is 0.121 e. The average Bonchev–Trinajstić information content (AvgIpc) is 2.68. The van der Waals surface area contributed by atoms with E-state index in [0.29, 0.717) is 5.75 Å². The number of phenols is 1. The Labute approximate surface area is 114 Å². The Balaban J connectivity index is 1.98. The van der Waals surface area contributed by atoms with Crippen LogP contribution in [0.5, 0.6) is 5.75 Å². The fourth-order valence-corrected chi connectivity index (χ4v) is 2.21. The summed E-state index contributed by atoms with van der Waals surface area (Å²) in [7, 11) is 1.95. The van der Waals surface area contributed by atoms with Crippen LogP contribution in [-0.2, 0) is 20.1 Å². The summed E-state index contributed by atoms with van der Waals surface area (Å²) in [5.41, 5.74) is 5.44. The first-order valence-electron chi connectivity index (χ1n) is 6.46. The molecule has 19 heavy (non-hydrogen) atoms. The molecule has 0 aliphatic carbocycles. The molecule has 0 saturated heterocycles. The number of phenolic OH excluding ortho intramolecular Hbond substituents is 1. The molecule has 2 aromatic rings. The number of aromatic nitrogens is 2. The molecule has 0 fully saturated rings. The number of aryl methyl sites for hydroxylation is 3. The summed E-state index contributed by atoms with van der Waals surface area (Å²) in [5, 5.41) is 17.4. The van der Waals surface area contributed by atoms with Crippen LogP contribution in [0.25, 0.3) is 0 Å². The van der Waals surface area contributed by atoms with Gasteiger partial charge in [0.15, 0.2) is 0 Å². The van der Waals surface area contributed by atoms with E-state index in [-0.39, 0.29) is 0 Å². The molecule has 0 aliphatic rings. The van der Waals surface area contributed by atoms with Crippen molar-refractivity contribution in [1.29, 1.82) is 0 Å². The van der Waals surface area contributed by atoms with Crippen molar-refractivity contribution in [3.63, 3.8) is 0 Å². The van der Waals surface area contributed by atoms with Gasteiger partial charge in [-0.1, -0.05) is 12.1 Å². The highest BCUT2D eigenvalue weighted by molar-refractivity contribution is 5.42. The molecule has 0 spiro atoms. The lowest BCUT2D eigenvalue weighted by molar-refractivity contribution is 0.466. The molecule has 0 aliphatic heterocycles. The summed E-state index contributed by atoms with van der Waals surface area (Å²) in [6.45, 7) is 7.52. The van der Waals surface area contributed by atoms with Gasteiger partial charge in [-0.05, 0) is 37.5 Å². The molecule has 4 nitrogen and oxygen atoms in total. The van der Waals surface area contributed by atoms with Crippen LogP contribution in [0, 0.1) is 20.8 Å². The van der Waals surface area contributed by atoms with Crippen LogP contribution in [-0.4, -0.2) is 14.9 Å².